The van der Waals surface area contributed by atoms with Gasteiger partial charge in [-0.25, -0.2) is 17.8 Å². The minimum Gasteiger partial charge on any atom is -0.463 e. The quantitative estimate of drug-likeness (QED) is 0.150. The zero-order valence-electron chi connectivity index (χ0n) is 23.1. The topological polar surface area (TPSA) is 113 Å². The summed E-state index contributed by atoms with van der Waals surface area (Å²) in [5.74, 6) is -1.11. The summed E-state index contributed by atoms with van der Waals surface area (Å²) >= 11 is 1.03. The molecule has 4 aromatic carbocycles. The van der Waals surface area contributed by atoms with Crippen LogP contribution in [0, 0.1) is 5.82 Å². The average molecular weight is 627 g/mol. The summed E-state index contributed by atoms with van der Waals surface area (Å²) in [5, 5.41) is 5.75. The van der Waals surface area contributed by atoms with Crippen molar-refractivity contribution in [3.63, 3.8) is 0 Å². The number of hydrazone groups is 1. The number of rotatable bonds is 8. The van der Waals surface area contributed by atoms with E-state index in [0.717, 1.165) is 21.9 Å². The van der Waals surface area contributed by atoms with Gasteiger partial charge in [0.2, 0.25) is 20.6 Å². The van der Waals surface area contributed by atoms with Crippen molar-refractivity contribution in [2.75, 3.05) is 12.1 Å². The van der Waals surface area contributed by atoms with Gasteiger partial charge in [-0.15, -0.1) is 0 Å². The Bertz CT molecular complexity index is 2200. The lowest BCUT2D eigenvalue weighted by Gasteiger charge is -2.18. The molecule has 0 aliphatic carbocycles. The van der Waals surface area contributed by atoms with Gasteiger partial charge in [0.05, 0.1) is 32.3 Å². The molecular weight excluding hydrogens is 604 g/mol. The fourth-order valence-electron chi connectivity index (χ4n) is 4.46. The van der Waals surface area contributed by atoms with E-state index in [2.05, 4.69) is 10.1 Å². The summed E-state index contributed by atoms with van der Waals surface area (Å²) in [4.78, 5) is 31.3. The van der Waals surface area contributed by atoms with Crippen LogP contribution >= 0.6 is 11.3 Å². The molecular formula is C32H23FN4O5S2. The van der Waals surface area contributed by atoms with Crippen LogP contribution in [-0.4, -0.2) is 36.9 Å². The van der Waals surface area contributed by atoms with E-state index in [1.165, 1.54) is 66.3 Å². The predicted molar refractivity (Wildman–Crippen MR) is 168 cm³/mol. The Morgan fingerprint density at radius 3 is 2.50 bits per heavy atom. The summed E-state index contributed by atoms with van der Waals surface area (Å²) in [6.07, 6.45) is 2.44. The Morgan fingerprint density at radius 2 is 1.73 bits per heavy atom. The summed E-state index contributed by atoms with van der Waals surface area (Å²) in [5.41, 5.74) is 1.55. The first-order valence-corrected chi connectivity index (χ1v) is 15.5. The van der Waals surface area contributed by atoms with Crippen molar-refractivity contribution in [1.82, 2.24) is 9.29 Å². The van der Waals surface area contributed by atoms with Crippen molar-refractivity contribution >= 4 is 59.8 Å². The number of benzene rings is 4. The summed E-state index contributed by atoms with van der Waals surface area (Å²) in [6, 6.07) is 25.4. The lowest BCUT2D eigenvalue weighted by Crippen LogP contribution is -2.27. The highest BCUT2D eigenvalue weighted by Crippen LogP contribution is 2.31. The Labute approximate surface area is 255 Å². The van der Waals surface area contributed by atoms with Crippen LogP contribution in [0.4, 0.5) is 9.52 Å². The van der Waals surface area contributed by atoms with Gasteiger partial charge < -0.3 is 4.42 Å². The highest BCUT2D eigenvalue weighted by molar-refractivity contribution is 7.89. The fraction of sp³-hybridized carbons (Fsp3) is 0.0625. The first kappa shape index (κ1) is 29.1. The second-order valence-corrected chi connectivity index (χ2v) is 12.8. The van der Waals surface area contributed by atoms with Gasteiger partial charge >= 0.3 is 0 Å². The number of amides is 1. The Hall–Kier alpha value is -5.04. The van der Waals surface area contributed by atoms with Gasteiger partial charge in [-0.2, -0.15) is 14.4 Å². The van der Waals surface area contributed by atoms with Crippen LogP contribution in [0.25, 0.3) is 21.2 Å². The van der Waals surface area contributed by atoms with E-state index in [1.54, 1.807) is 24.3 Å². The van der Waals surface area contributed by atoms with E-state index >= 15 is 0 Å². The SMILES string of the molecule is CN(Cc1ccccc1)S(=O)(=O)c1ccc(C(=O)N(/N=C/c2coc3ccccc3c2=O)c2nc3ccc(F)cc3s2)cc1. The van der Waals surface area contributed by atoms with Crippen molar-refractivity contribution in [2.24, 2.45) is 5.10 Å². The summed E-state index contributed by atoms with van der Waals surface area (Å²) < 4.78 is 47.6. The van der Waals surface area contributed by atoms with Crippen molar-refractivity contribution in [3.8, 4) is 0 Å². The number of aromatic nitrogens is 1. The number of para-hydroxylation sites is 1. The number of hydrogen-bond acceptors (Lipinski definition) is 8. The van der Waals surface area contributed by atoms with Crippen molar-refractivity contribution in [1.29, 1.82) is 0 Å². The van der Waals surface area contributed by atoms with Crippen LogP contribution in [0.5, 0.6) is 0 Å². The first-order valence-electron chi connectivity index (χ1n) is 13.3. The maximum atomic E-state index is 13.9. The lowest BCUT2D eigenvalue weighted by molar-refractivity contribution is 0.0987. The predicted octanol–water partition coefficient (Wildman–Crippen LogP) is 6.04. The van der Waals surface area contributed by atoms with E-state index in [9.17, 15) is 22.4 Å². The standard InChI is InChI=1S/C32H23FN4O5S2/c1-36(19-21-7-3-2-4-8-21)44(40,41)25-14-11-22(12-15-25)31(39)37(32-35-27-16-13-24(33)17-29(27)43-32)34-18-23-20-42-28-10-6-5-9-26(28)30(23)38/h2-18,20H,19H2,1H3/b34-18+. The zero-order chi connectivity index (χ0) is 30.8. The summed E-state index contributed by atoms with van der Waals surface area (Å²) in [6.45, 7) is 0.174. The molecule has 220 valence electrons. The second kappa shape index (κ2) is 11.9. The minimum absolute atomic E-state index is 0.00627. The van der Waals surface area contributed by atoms with Gasteiger partial charge in [-0.05, 0) is 60.2 Å². The highest BCUT2D eigenvalue weighted by Gasteiger charge is 2.24. The lowest BCUT2D eigenvalue weighted by atomic mass is 10.2. The Kier molecular flexibility index (Phi) is 7.87. The summed E-state index contributed by atoms with van der Waals surface area (Å²) in [7, 11) is -2.37. The molecule has 0 bridgehead atoms. The van der Waals surface area contributed by atoms with E-state index in [1.807, 2.05) is 30.3 Å². The fourth-order valence-corrected chi connectivity index (χ4v) is 6.57. The molecule has 12 heteroatoms. The molecule has 0 N–H and O–H groups in total. The van der Waals surface area contributed by atoms with Gasteiger partial charge in [0.25, 0.3) is 5.91 Å². The Morgan fingerprint density at radius 1 is 1.00 bits per heavy atom. The van der Waals surface area contributed by atoms with Gasteiger partial charge in [0.15, 0.2) is 0 Å². The molecule has 44 heavy (non-hydrogen) atoms. The molecule has 0 atom stereocenters. The molecule has 9 nitrogen and oxygen atoms in total. The number of sulfonamides is 1. The number of halogens is 1. The van der Waals surface area contributed by atoms with Crippen LogP contribution in [0.1, 0.15) is 21.5 Å². The number of anilines is 1. The maximum absolute atomic E-state index is 13.9. The van der Waals surface area contributed by atoms with Gasteiger partial charge in [0.1, 0.15) is 17.7 Å². The number of nitrogens with zero attached hydrogens (tertiary/aromatic N) is 4. The molecule has 1 amide bonds. The smallest absolute Gasteiger partial charge is 0.280 e. The number of fused-ring (bicyclic) bond motifs is 2. The largest absolute Gasteiger partial charge is 0.463 e. The first-order chi connectivity index (χ1) is 21.2. The Balaban J connectivity index is 1.33. The van der Waals surface area contributed by atoms with Gasteiger partial charge in [-0.3, -0.25) is 9.59 Å². The second-order valence-electron chi connectivity index (χ2n) is 9.76. The third-order valence-corrected chi connectivity index (χ3v) is 9.60. The normalized spacial score (nSPS) is 12.0. The molecule has 0 spiro atoms. The maximum Gasteiger partial charge on any atom is 0.280 e. The monoisotopic (exact) mass is 626 g/mol. The van der Waals surface area contributed by atoms with Crippen LogP contribution in [0.15, 0.2) is 123 Å². The molecule has 0 aliphatic heterocycles. The number of thiazole rings is 1. The van der Waals surface area contributed by atoms with Crippen LogP contribution in [0.3, 0.4) is 0 Å². The molecule has 2 aromatic heterocycles. The average Bonchev–Trinajstić information content (AvgIpc) is 3.45. The van der Waals surface area contributed by atoms with Gasteiger partial charge in [0, 0.05) is 19.2 Å². The third kappa shape index (κ3) is 5.78. The van der Waals surface area contributed by atoms with Crippen molar-refractivity contribution in [3.05, 3.63) is 136 Å². The molecule has 6 aromatic rings. The van der Waals surface area contributed by atoms with Crippen molar-refractivity contribution in [2.45, 2.75) is 11.4 Å². The van der Waals surface area contributed by atoms with Crippen LogP contribution in [0.2, 0.25) is 0 Å². The van der Waals surface area contributed by atoms with Crippen LogP contribution < -0.4 is 10.4 Å². The number of carbonyl (C=O) groups excluding carboxylic acids is 1. The molecule has 0 unspecified atom stereocenters. The molecule has 0 saturated heterocycles. The van der Waals surface area contributed by atoms with Crippen molar-refractivity contribution < 1.29 is 22.0 Å². The molecule has 2 heterocycles. The van der Waals surface area contributed by atoms with Gasteiger partial charge in [-0.1, -0.05) is 53.8 Å². The zero-order valence-corrected chi connectivity index (χ0v) is 24.8. The number of hydrogen-bond donors (Lipinski definition) is 0. The number of carbonyl (C=O) groups is 1. The molecule has 0 aliphatic rings. The molecule has 0 fully saturated rings. The van der Waals surface area contributed by atoms with E-state index < -0.39 is 21.7 Å². The third-order valence-electron chi connectivity index (χ3n) is 6.79. The molecule has 6 rings (SSSR count). The highest BCUT2D eigenvalue weighted by atomic mass is 32.2. The van der Waals surface area contributed by atoms with E-state index in [-0.39, 0.29) is 33.1 Å². The molecule has 0 saturated carbocycles. The minimum atomic E-state index is -3.85. The van der Waals surface area contributed by atoms with E-state index in [4.69, 9.17) is 4.42 Å². The molecule has 0 radical (unpaired) electrons. The van der Waals surface area contributed by atoms with E-state index in [0.29, 0.717) is 21.2 Å². The van der Waals surface area contributed by atoms with Crippen LogP contribution in [-0.2, 0) is 16.6 Å².